The van der Waals surface area contributed by atoms with Gasteiger partial charge in [0.2, 0.25) is 0 Å². The van der Waals surface area contributed by atoms with Crippen molar-refractivity contribution in [2.75, 3.05) is 0 Å². The zero-order valence-corrected chi connectivity index (χ0v) is 11.7. The molecule has 4 nitrogen and oxygen atoms in total. The van der Waals surface area contributed by atoms with Crippen LogP contribution in [0.4, 0.5) is 0 Å². The molecule has 0 aliphatic rings. The molecule has 1 aromatic carbocycles. The Morgan fingerprint density at radius 2 is 2.11 bits per heavy atom. The fourth-order valence-corrected chi connectivity index (χ4v) is 2.15. The molecular weight excluding hydrogens is 312 g/mol. The highest BCUT2D eigenvalue weighted by Gasteiger charge is 2.13. The molecule has 1 aromatic heterocycles. The number of carboxylic acid groups (broad SMARTS) is 1. The lowest BCUT2D eigenvalue weighted by atomic mass is 10.1. The van der Waals surface area contributed by atoms with E-state index in [1.54, 1.807) is 0 Å². The molecule has 0 aliphatic carbocycles. The molecule has 1 N–H and O–H groups in total. The average molecular weight is 323 g/mol. The van der Waals surface area contributed by atoms with Crippen LogP contribution in [0.15, 0.2) is 39.2 Å². The summed E-state index contributed by atoms with van der Waals surface area (Å²) in [5.74, 6) is -0.879. The van der Waals surface area contributed by atoms with E-state index < -0.39 is 5.97 Å². The summed E-state index contributed by atoms with van der Waals surface area (Å²) in [6.07, 6.45) is 1.93. The second-order valence-corrected chi connectivity index (χ2v) is 5.02. The Morgan fingerprint density at radius 1 is 1.37 bits per heavy atom. The molecule has 0 atom stereocenters. The smallest absolute Gasteiger partial charge is 0.328 e. The molecule has 2 aromatic rings. The summed E-state index contributed by atoms with van der Waals surface area (Å²) >= 11 is 3.38. The minimum atomic E-state index is -1.14. The Kier molecular flexibility index (Phi) is 3.85. The maximum atomic E-state index is 11.6. The summed E-state index contributed by atoms with van der Waals surface area (Å²) in [7, 11) is 0. The molecule has 5 heteroatoms. The number of aryl methyl sites for hydroxylation is 1. The second kappa shape index (κ2) is 5.40. The van der Waals surface area contributed by atoms with Crippen molar-refractivity contribution < 1.29 is 19.1 Å². The Bertz CT molecular complexity index is 682. The lowest BCUT2D eigenvalue weighted by Gasteiger charge is -1.94. The molecule has 0 aliphatic heterocycles. The molecular formula is C14H11BrO4. The van der Waals surface area contributed by atoms with Gasteiger partial charge in [-0.25, -0.2) is 4.79 Å². The van der Waals surface area contributed by atoms with Crippen molar-refractivity contribution in [1.29, 1.82) is 0 Å². The number of aliphatic carboxylic acids is 1. The molecule has 0 unspecified atom stereocenters. The van der Waals surface area contributed by atoms with Gasteiger partial charge in [0.25, 0.3) is 0 Å². The van der Waals surface area contributed by atoms with Gasteiger partial charge >= 0.3 is 5.97 Å². The van der Waals surface area contributed by atoms with E-state index in [0.717, 1.165) is 27.6 Å². The summed E-state index contributed by atoms with van der Waals surface area (Å²) in [5, 5.41) is 9.40. The molecule has 98 valence electrons. The maximum Gasteiger partial charge on any atom is 0.328 e. The van der Waals surface area contributed by atoms with E-state index in [1.807, 2.05) is 25.1 Å². The van der Waals surface area contributed by atoms with Crippen LogP contribution in [0.3, 0.4) is 0 Å². The SMILES string of the molecule is Cc1c(CC(=O)/C=C/C(=O)O)oc2ccc(Br)cc12. The van der Waals surface area contributed by atoms with Crippen LogP contribution < -0.4 is 0 Å². The number of fused-ring (bicyclic) bond motifs is 1. The lowest BCUT2D eigenvalue weighted by molar-refractivity contribution is -0.131. The van der Waals surface area contributed by atoms with Gasteiger partial charge < -0.3 is 9.52 Å². The number of hydrogen-bond acceptors (Lipinski definition) is 3. The van der Waals surface area contributed by atoms with Crippen LogP contribution in [-0.4, -0.2) is 16.9 Å². The number of carbonyl (C=O) groups is 2. The first-order valence-electron chi connectivity index (χ1n) is 5.58. The van der Waals surface area contributed by atoms with Gasteiger partial charge in [0, 0.05) is 15.9 Å². The van der Waals surface area contributed by atoms with Crippen LogP contribution >= 0.6 is 15.9 Å². The number of rotatable bonds is 4. The van der Waals surface area contributed by atoms with Crippen LogP contribution in [0, 0.1) is 6.92 Å². The minimum absolute atomic E-state index is 0.0575. The fourth-order valence-electron chi connectivity index (χ4n) is 1.79. The fraction of sp³-hybridized carbons (Fsp3) is 0.143. The van der Waals surface area contributed by atoms with Crippen molar-refractivity contribution in [2.24, 2.45) is 0 Å². The zero-order valence-electron chi connectivity index (χ0n) is 10.1. The van der Waals surface area contributed by atoms with Gasteiger partial charge in [0.15, 0.2) is 5.78 Å². The van der Waals surface area contributed by atoms with Gasteiger partial charge in [-0.05, 0) is 36.8 Å². The number of hydrogen-bond donors (Lipinski definition) is 1. The second-order valence-electron chi connectivity index (χ2n) is 4.11. The number of ketones is 1. The van der Waals surface area contributed by atoms with E-state index in [0.29, 0.717) is 11.3 Å². The van der Waals surface area contributed by atoms with Gasteiger partial charge in [-0.2, -0.15) is 0 Å². The van der Waals surface area contributed by atoms with Crippen LogP contribution in [0.5, 0.6) is 0 Å². The van der Waals surface area contributed by atoms with Gasteiger partial charge in [0.1, 0.15) is 11.3 Å². The molecule has 0 fully saturated rings. The first-order chi connectivity index (χ1) is 8.97. The van der Waals surface area contributed by atoms with Gasteiger partial charge in [-0.15, -0.1) is 0 Å². The molecule has 0 radical (unpaired) electrons. The number of halogens is 1. The van der Waals surface area contributed by atoms with Gasteiger partial charge in [0.05, 0.1) is 6.42 Å². The third-order valence-electron chi connectivity index (χ3n) is 2.74. The first kappa shape index (κ1) is 13.5. The molecule has 0 bridgehead atoms. The number of carbonyl (C=O) groups excluding carboxylic acids is 1. The van der Waals surface area contributed by atoms with E-state index in [4.69, 9.17) is 9.52 Å². The predicted molar refractivity (Wildman–Crippen MR) is 74.1 cm³/mol. The zero-order chi connectivity index (χ0) is 14.0. The highest BCUT2D eigenvalue weighted by atomic mass is 79.9. The minimum Gasteiger partial charge on any atom is -0.478 e. The van der Waals surface area contributed by atoms with Crippen LogP contribution in [0.1, 0.15) is 11.3 Å². The molecule has 0 spiro atoms. The normalized spacial score (nSPS) is 11.3. The number of allylic oxidation sites excluding steroid dienone is 1. The standard InChI is InChI=1S/C14H11BrO4/c1-8-11-6-9(15)2-4-12(11)19-13(8)7-10(16)3-5-14(17)18/h2-6H,7H2,1H3,(H,17,18)/b5-3+. The van der Waals surface area contributed by atoms with Crippen molar-refractivity contribution in [1.82, 2.24) is 0 Å². The average Bonchev–Trinajstić information content (AvgIpc) is 2.64. The summed E-state index contributed by atoms with van der Waals surface area (Å²) < 4.78 is 6.55. The summed E-state index contributed by atoms with van der Waals surface area (Å²) in [5.41, 5.74) is 1.61. The number of carboxylic acids is 1. The van der Waals surface area contributed by atoms with Gasteiger partial charge in [-0.3, -0.25) is 4.79 Å². The van der Waals surface area contributed by atoms with Crippen molar-refractivity contribution in [2.45, 2.75) is 13.3 Å². The van der Waals surface area contributed by atoms with Crippen LogP contribution in [0.2, 0.25) is 0 Å². The summed E-state index contributed by atoms with van der Waals surface area (Å²) in [6.45, 7) is 1.88. The quantitative estimate of drug-likeness (QED) is 0.877. The van der Waals surface area contributed by atoms with Crippen LogP contribution in [0.25, 0.3) is 11.0 Å². The van der Waals surface area contributed by atoms with E-state index in [1.165, 1.54) is 0 Å². The topological polar surface area (TPSA) is 67.5 Å². The molecule has 0 amide bonds. The highest BCUT2D eigenvalue weighted by Crippen LogP contribution is 2.28. The highest BCUT2D eigenvalue weighted by molar-refractivity contribution is 9.10. The van der Waals surface area contributed by atoms with E-state index in [2.05, 4.69) is 15.9 Å². The third-order valence-corrected chi connectivity index (χ3v) is 3.24. The van der Waals surface area contributed by atoms with E-state index in [9.17, 15) is 9.59 Å². The first-order valence-corrected chi connectivity index (χ1v) is 6.38. The summed E-state index contributed by atoms with van der Waals surface area (Å²) in [6, 6.07) is 5.61. The number of benzene rings is 1. The van der Waals surface area contributed by atoms with Gasteiger partial charge in [-0.1, -0.05) is 15.9 Å². The molecule has 1 heterocycles. The monoisotopic (exact) mass is 322 g/mol. The molecule has 2 rings (SSSR count). The van der Waals surface area contributed by atoms with Crippen molar-refractivity contribution >= 4 is 38.7 Å². The summed E-state index contributed by atoms with van der Waals surface area (Å²) in [4.78, 5) is 21.9. The Balaban J connectivity index is 2.29. The molecule has 0 saturated heterocycles. The van der Waals surface area contributed by atoms with Crippen LogP contribution in [-0.2, 0) is 16.0 Å². The van der Waals surface area contributed by atoms with Crippen molar-refractivity contribution in [3.8, 4) is 0 Å². The van der Waals surface area contributed by atoms with E-state index in [-0.39, 0.29) is 12.2 Å². The maximum absolute atomic E-state index is 11.6. The van der Waals surface area contributed by atoms with Crippen molar-refractivity contribution in [3.63, 3.8) is 0 Å². The lowest BCUT2D eigenvalue weighted by Crippen LogP contribution is -2.00. The Labute approximate surface area is 117 Å². The Hall–Kier alpha value is -1.88. The molecule has 19 heavy (non-hydrogen) atoms. The van der Waals surface area contributed by atoms with Crippen molar-refractivity contribution in [3.05, 3.63) is 46.1 Å². The third kappa shape index (κ3) is 3.12. The molecule has 0 saturated carbocycles. The Morgan fingerprint density at radius 3 is 2.79 bits per heavy atom. The largest absolute Gasteiger partial charge is 0.478 e. The van der Waals surface area contributed by atoms with E-state index >= 15 is 0 Å². The number of furan rings is 1. The predicted octanol–water partition coefficient (Wildman–Crippen LogP) is 3.26.